The number of benzene rings is 1. The normalized spacial score (nSPS) is 18.4. The van der Waals surface area contributed by atoms with Gasteiger partial charge >= 0.3 is 0 Å². The highest BCUT2D eigenvalue weighted by molar-refractivity contribution is 5.30. The maximum atomic E-state index is 13.1. The van der Waals surface area contributed by atoms with Crippen LogP contribution in [0.4, 0.5) is 4.39 Å². The summed E-state index contributed by atoms with van der Waals surface area (Å²) in [5.41, 5.74) is 0.962. The first kappa shape index (κ1) is 9.46. The van der Waals surface area contributed by atoms with E-state index in [0.29, 0.717) is 5.92 Å². The molecule has 0 radical (unpaired) electrons. The van der Waals surface area contributed by atoms with Crippen molar-refractivity contribution >= 4 is 0 Å². The Morgan fingerprint density at radius 1 is 1.29 bits per heavy atom. The van der Waals surface area contributed by atoms with E-state index in [1.54, 1.807) is 6.07 Å². The van der Waals surface area contributed by atoms with Gasteiger partial charge in [0.15, 0.2) is 11.6 Å². The first-order valence-electron chi connectivity index (χ1n) is 4.83. The summed E-state index contributed by atoms with van der Waals surface area (Å²) in [4.78, 5) is 0. The van der Waals surface area contributed by atoms with E-state index in [0.717, 1.165) is 31.6 Å². The lowest BCUT2D eigenvalue weighted by Gasteiger charge is -2.22. The van der Waals surface area contributed by atoms with Gasteiger partial charge in [-0.25, -0.2) is 4.39 Å². The van der Waals surface area contributed by atoms with Crippen molar-refractivity contribution in [2.24, 2.45) is 0 Å². The van der Waals surface area contributed by atoms with E-state index in [4.69, 9.17) is 9.84 Å². The lowest BCUT2D eigenvalue weighted by molar-refractivity contribution is 0.0852. The molecule has 1 aromatic rings. The molecule has 76 valence electrons. The summed E-state index contributed by atoms with van der Waals surface area (Å²) in [5.74, 6) is -0.436. The van der Waals surface area contributed by atoms with Crippen LogP contribution >= 0.6 is 0 Å². The highest BCUT2D eigenvalue weighted by Crippen LogP contribution is 2.29. The van der Waals surface area contributed by atoms with Gasteiger partial charge in [0.05, 0.1) is 0 Å². The van der Waals surface area contributed by atoms with Crippen LogP contribution in [0.5, 0.6) is 5.75 Å². The highest BCUT2D eigenvalue weighted by Gasteiger charge is 2.16. The third kappa shape index (κ3) is 1.87. The number of hydrogen-bond donors (Lipinski definition) is 1. The fraction of sp³-hybridized carbons (Fsp3) is 0.455. The van der Waals surface area contributed by atoms with Crippen LogP contribution in [0.15, 0.2) is 18.2 Å². The molecule has 1 heterocycles. The average Bonchev–Trinajstić information content (AvgIpc) is 2.23. The Balaban J connectivity index is 2.18. The predicted octanol–water partition coefficient (Wildman–Crippen LogP) is 2.43. The maximum Gasteiger partial charge on any atom is 0.165 e. The van der Waals surface area contributed by atoms with Crippen LogP contribution in [-0.2, 0) is 4.74 Å². The molecule has 0 unspecified atom stereocenters. The van der Waals surface area contributed by atoms with Gasteiger partial charge in [-0.2, -0.15) is 0 Å². The van der Waals surface area contributed by atoms with Crippen molar-refractivity contribution in [2.45, 2.75) is 18.8 Å². The lowest BCUT2D eigenvalue weighted by Crippen LogP contribution is -2.14. The van der Waals surface area contributed by atoms with Crippen molar-refractivity contribution in [1.82, 2.24) is 0 Å². The minimum absolute atomic E-state index is 0.277. The van der Waals surface area contributed by atoms with Crippen molar-refractivity contribution in [3.05, 3.63) is 29.6 Å². The number of phenolic OH excluding ortho intramolecular Hbond substituents is 1. The van der Waals surface area contributed by atoms with Crippen LogP contribution in [0.2, 0.25) is 0 Å². The number of aromatic hydroxyl groups is 1. The molecule has 0 atom stereocenters. The zero-order valence-corrected chi connectivity index (χ0v) is 7.87. The third-order valence-electron chi connectivity index (χ3n) is 2.66. The number of halogens is 1. The van der Waals surface area contributed by atoms with Gasteiger partial charge in [-0.15, -0.1) is 0 Å². The van der Waals surface area contributed by atoms with Gasteiger partial charge < -0.3 is 9.84 Å². The fourth-order valence-electron chi connectivity index (χ4n) is 1.81. The second-order valence-electron chi connectivity index (χ2n) is 3.60. The Kier molecular flexibility index (Phi) is 2.68. The van der Waals surface area contributed by atoms with Crippen LogP contribution in [0.25, 0.3) is 0 Å². The average molecular weight is 196 g/mol. The lowest BCUT2D eigenvalue weighted by atomic mass is 9.92. The Bertz CT molecular complexity index is 319. The van der Waals surface area contributed by atoms with Crippen LogP contribution in [0.3, 0.4) is 0 Å². The van der Waals surface area contributed by atoms with Crippen molar-refractivity contribution in [1.29, 1.82) is 0 Å². The molecule has 0 saturated carbocycles. The number of ether oxygens (including phenoxy) is 1. The van der Waals surface area contributed by atoms with Gasteiger partial charge in [0.25, 0.3) is 0 Å². The predicted molar refractivity (Wildman–Crippen MR) is 50.9 cm³/mol. The minimum atomic E-state index is -0.533. The maximum absolute atomic E-state index is 13.1. The number of hydrogen-bond acceptors (Lipinski definition) is 2. The summed E-state index contributed by atoms with van der Waals surface area (Å²) in [6.07, 6.45) is 1.87. The smallest absolute Gasteiger partial charge is 0.165 e. The summed E-state index contributed by atoms with van der Waals surface area (Å²) in [6, 6.07) is 4.62. The fourth-order valence-corrected chi connectivity index (χ4v) is 1.81. The van der Waals surface area contributed by atoms with Crippen molar-refractivity contribution in [2.75, 3.05) is 13.2 Å². The van der Waals surface area contributed by atoms with Gasteiger partial charge in [0.1, 0.15) is 0 Å². The first-order valence-corrected chi connectivity index (χ1v) is 4.83. The molecule has 1 fully saturated rings. The second-order valence-corrected chi connectivity index (χ2v) is 3.60. The van der Waals surface area contributed by atoms with Crippen LogP contribution in [0.1, 0.15) is 24.3 Å². The highest BCUT2D eigenvalue weighted by atomic mass is 19.1. The summed E-state index contributed by atoms with van der Waals surface area (Å²) in [6.45, 7) is 1.49. The molecule has 0 amide bonds. The zero-order chi connectivity index (χ0) is 9.97. The van der Waals surface area contributed by atoms with Gasteiger partial charge in [-0.05, 0) is 36.5 Å². The molecule has 0 spiro atoms. The largest absolute Gasteiger partial charge is 0.505 e. The molecule has 1 saturated heterocycles. The molecular formula is C11H13FO2. The topological polar surface area (TPSA) is 29.5 Å². The monoisotopic (exact) mass is 196 g/mol. The van der Waals surface area contributed by atoms with E-state index in [-0.39, 0.29) is 5.75 Å². The second kappa shape index (κ2) is 3.96. The third-order valence-corrected chi connectivity index (χ3v) is 2.66. The van der Waals surface area contributed by atoms with E-state index >= 15 is 0 Å². The zero-order valence-electron chi connectivity index (χ0n) is 7.87. The summed E-state index contributed by atoms with van der Waals surface area (Å²) >= 11 is 0. The van der Waals surface area contributed by atoms with Crippen molar-refractivity contribution < 1.29 is 14.2 Å². The first-order chi connectivity index (χ1) is 6.77. The van der Waals surface area contributed by atoms with Crippen molar-refractivity contribution in [3.63, 3.8) is 0 Å². The Morgan fingerprint density at radius 2 is 2.00 bits per heavy atom. The molecule has 0 bridgehead atoms. The van der Waals surface area contributed by atoms with Gasteiger partial charge in [0, 0.05) is 13.2 Å². The molecule has 14 heavy (non-hydrogen) atoms. The van der Waals surface area contributed by atoms with Crippen LogP contribution in [0, 0.1) is 5.82 Å². The molecule has 2 nitrogen and oxygen atoms in total. The van der Waals surface area contributed by atoms with E-state index in [1.165, 1.54) is 12.1 Å². The SMILES string of the molecule is Oc1ccc(C2CCOCC2)cc1F. The molecule has 0 aliphatic carbocycles. The van der Waals surface area contributed by atoms with E-state index < -0.39 is 5.82 Å². The molecule has 3 heteroatoms. The van der Waals surface area contributed by atoms with E-state index in [1.807, 2.05) is 0 Å². The molecule has 1 aromatic carbocycles. The summed E-state index contributed by atoms with van der Waals surface area (Å²) in [5, 5.41) is 9.04. The molecular weight excluding hydrogens is 183 g/mol. The Labute approximate surface area is 82.3 Å². The van der Waals surface area contributed by atoms with Gasteiger partial charge in [-0.3, -0.25) is 0 Å². The number of phenols is 1. The summed E-state index contributed by atoms with van der Waals surface area (Å²) in [7, 11) is 0. The van der Waals surface area contributed by atoms with Crippen LogP contribution in [-0.4, -0.2) is 18.3 Å². The Morgan fingerprint density at radius 3 is 2.64 bits per heavy atom. The van der Waals surface area contributed by atoms with Crippen LogP contribution < -0.4 is 0 Å². The Hall–Kier alpha value is -1.09. The molecule has 1 N–H and O–H groups in total. The minimum Gasteiger partial charge on any atom is -0.505 e. The number of rotatable bonds is 1. The molecule has 0 aromatic heterocycles. The van der Waals surface area contributed by atoms with Gasteiger partial charge in [0.2, 0.25) is 0 Å². The summed E-state index contributed by atoms with van der Waals surface area (Å²) < 4.78 is 18.3. The molecule has 2 rings (SSSR count). The van der Waals surface area contributed by atoms with E-state index in [2.05, 4.69) is 0 Å². The molecule has 1 aliphatic rings. The standard InChI is InChI=1S/C11H13FO2/c12-10-7-9(1-2-11(10)13)8-3-5-14-6-4-8/h1-2,7-8,13H,3-6H2. The van der Waals surface area contributed by atoms with E-state index in [9.17, 15) is 4.39 Å². The van der Waals surface area contributed by atoms with Gasteiger partial charge in [-0.1, -0.05) is 6.07 Å². The van der Waals surface area contributed by atoms with Crippen molar-refractivity contribution in [3.8, 4) is 5.75 Å². The molecule has 1 aliphatic heterocycles. The quantitative estimate of drug-likeness (QED) is 0.747.